The van der Waals surface area contributed by atoms with Gasteiger partial charge in [0, 0.05) is 31.5 Å². The lowest BCUT2D eigenvalue weighted by molar-refractivity contribution is 0.0927. The van der Waals surface area contributed by atoms with Crippen LogP contribution in [0.2, 0.25) is 0 Å². The molecule has 0 aliphatic carbocycles. The Bertz CT molecular complexity index is 771. The quantitative estimate of drug-likeness (QED) is 0.827. The van der Waals surface area contributed by atoms with Gasteiger partial charge in [0.15, 0.2) is 0 Å². The SMILES string of the molecule is CC[C@@H](C)NC(=O)c1cnn2c1C[C@@H](CNC(=O)c1cccnc1)CC2. The van der Waals surface area contributed by atoms with Crippen LogP contribution in [0.15, 0.2) is 30.7 Å². The van der Waals surface area contributed by atoms with Crippen LogP contribution in [-0.2, 0) is 13.0 Å². The molecule has 7 heteroatoms. The van der Waals surface area contributed by atoms with E-state index in [9.17, 15) is 9.59 Å². The molecule has 0 saturated carbocycles. The lowest BCUT2D eigenvalue weighted by Crippen LogP contribution is -2.35. The van der Waals surface area contributed by atoms with Gasteiger partial charge in [-0.05, 0) is 44.2 Å². The molecular weight excluding hydrogens is 330 g/mol. The van der Waals surface area contributed by atoms with Gasteiger partial charge in [-0.25, -0.2) is 0 Å². The number of hydrogen-bond acceptors (Lipinski definition) is 4. The van der Waals surface area contributed by atoms with Gasteiger partial charge in [0.25, 0.3) is 11.8 Å². The summed E-state index contributed by atoms with van der Waals surface area (Å²) in [4.78, 5) is 28.6. The molecular formula is C19H25N5O2. The van der Waals surface area contributed by atoms with E-state index in [0.29, 0.717) is 17.7 Å². The minimum absolute atomic E-state index is 0.0688. The zero-order valence-corrected chi connectivity index (χ0v) is 15.2. The summed E-state index contributed by atoms with van der Waals surface area (Å²) in [6.45, 7) is 5.37. The van der Waals surface area contributed by atoms with Crippen molar-refractivity contribution in [3.8, 4) is 0 Å². The standard InChI is InChI=1S/C19H25N5O2/c1-3-13(2)23-19(26)16-12-22-24-8-6-14(9-17(16)24)10-21-18(25)15-5-4-7-20-11-15/h4-5,7,11-14H,3,6,8-10H2,1-2H3,(H,21,25)(H,23,26)/t13-,14+/m1/s1. The minimum atomic E-state index is -0.119. The average Bonchev–Trinajstić information content (AvgIpc) is 3.10. The van der Waals surface area contributed by atoms with Crippen molar-refractivity contribution >= 4 is 11.8 Å². The van der Waals surface area contributed by atoms with Crippen LogP contribution in [0.25, 0.3) is 0 Å². The van der Waals surface area contributed by atoms with Gasteiger partial charge in [-0.15, -0.1) is 0 Å². The van der Waals surface area contributed by atoms with Gasteiger partial charge in [0.05, 0.1) is 23.0 Å². The fourth-order valence-corrected chi connectivity index (χ4v) is 3.10. The van der Waals surface area contributed by atoms with E-state index in [-0.39, 0.29) is 23.8 Å². The number of aromatic nitrogens is 3. The fourth-order valence-electron chi connectivity index (χ4n) is 3.10. The zero-order valence-electron chi connectivity index (χ0n) is 15.2. The number of rotatable bonds is 6. The van der Waals surface area contributed by atoms with E-state index in [1.165, 1.54) is 0 Å². The highest BCUT2D eigenvalue weighted by atomic mass is 16.2. The molecule has 3 rings (SSSR count). The Morgan fingerprint density at radius 2 is 2.19 bits per heavy atom. The molecule has 2 amide bonds. The van der Waals surface area contributed by atoms with Gasteiger partial charge >= 0.3 is 0 Å². The van der Waals surface area contributed by atoms with Crippen molar-refractivity contribution in [1.29, 1.82) is 0 Å². The molecule has 0 radical (unpaired) electrons. The van der Waals surface area contributed by atoms with Crippen LogP contribution in [0.1, 0.15) is 53.1 Å². The summed E-state index contributed by atoms with van der Waals surface area (Å²) in [7, 11) is 0. The molecule has 0 aromatic carbocycles. The second-order valence-corrected chi connectivity index (χ2v) is 6.82. The summed E-state index contributed by atoms with van der Waals surface area (Å²) >= 11 is 0. The molecule has 0 fully saturated rings. The molecule has 2 aromatic rings. The summed E-state index contributed by atoms with van der Waals surface area (Å²) < 4.78 is 1.91. The predicted octanol–water partition coefficient (Wildman–Crippen LogP) is 1.80. The lowest BCUT2D eigenvalue weighted by atomic mass is 9.94. The summed E-state index contributed by atoms with van der Waals surface area (Å²) in [6.07, 6.45) is 7.40. The third-order valence-corrected chi connectivity index (χ3v) is 4.89. The maximum Gasteiger partial charge on any atom is 0.254 e. The van der Waals surface area contributed by atoms with Crippen molar-refractivity contribution in [2.24, 2.45) is 5.92 Å². The highest BCUT2D eigenvalue weighted by Crippen LogP contribution is 2.23. The first-order valence-electron chi connectivity index (χ1n) is 9.12. The molecule has 1 aliphatic rings. The van der Waals surface area contributed by atoms with Gasteiger partial charge in [0.1, 0.15) is 0 Å². The number of fused-ring (bicyclic) bond motifs is 1. The van der Waals surface area contributed by atoms with Crippen LogP contribution in [0.4, 0.5) is 0 Å². The van der Waals surface area contributed by atoms with E-state index in [1.807, 2.05) is 18.5 Å². The third kappa shape index (κ3) is 4.09. The molecule has 138 valence electrons. The van der Waals surface area contributed by atoms with Crippen molar-refractivity contribution in [2.75, 3.05) is 6.54 Å². The van der Waals surface area contributed by atoms with Crippen molar-refractivity contribution in [1.82, 2.24) is 25.4 Å². The van der Waals surface area contributed by atoms with Crippen molar-refractivity contribution in [2.45, 2.75) is 45.7 Å². The van der Waals surface area contributed by atoms with Crippen LogP contribution in [0.5, 0.6) is 0 Å². The van der Waals surface area contributed by atoms with E-state index >= 15 is 0 Å². The normalized spacial score (nSPS) is 17.2. The predicted molar refractivity (Wildman–Crippen MR) is 97.8 cm³/mol. The van der Waals surface area contributed by atoms with Crippen LogP contribution in [0, 0.1) is 5.92 Å². The molecule has 26 heavy (non-hydrogen) atoms. The van der Waals surface area contributed by atoms with E-state index in [2.05, 4.69) is 20.7 Å². The van der Waals surface area contributed by atoms with Crippen LogP contribution < -0.4 is 10.6 Å². The maximum absolute atomic E-state index is 12.5. The number of carbonyl (C=O) groups is 2. The van der Waals surface area contributed by atoms with E-state index < -0.39 is 0 Å². The summed E-state index contributed by atoms with van der Waals surface area (Å²) in [5.41, 5.74) is 2.16. The van der Waals surface area contributed by atoms with E-state index in [4.69, 9.17) is 0 Å². The fraction of sp³-hybridized carbons (Fsp3) is 0.474. The molecule has 2 aromatic heterocycles. The number of nitrogens with zero attached hydrogens (tertiary/aromatic N) is 3. The van der Waals surface area contributed by atoms with Crippen LogP contribution >= 0.6 is 0 Å². The van der Waals surface area contributed by atoms with Crippen molar-refractivity contribution in [3.05, 3.63) is 47.5 Å². The Labute approximate surface area is 153 Å². The van der Waals surface area contributed by atoms with Gasteiger partial charge < -0.3 is 10.6 Å². The van der Waals surface area contributed by atoms with Crippen LogP contribution in [-0.4, -0.2) is 39.2 Å². The van der Waals surface area contributed by atoms with Crippen molar-refractivity contribution < 1.29 is 9.59 Å². The van der Waals surface area contributed by atoms with E-state index in [0.717, 1.165) is 31.5 Å². The number of hydrogen-bond donors (Lipinski definition) is 2. The monoisotopic (exact) mass is 355 g/mol. The Balaban J connectivity index is 1.61. The second-order valence-electron chi connectivity index (χ2n) is 6.82. The average molecular weight is 355 g/mol. The molecule has 0 spiro atoms. The largest absolute Gasteiger partial charge is 0.352 e. The number of aryl methyl sites for hydroxylation is 1. The number of amides is 2. The Hall–Kier alpha value is -2.70. The van der Waals surface area contributed by atoms with Gasteiger partial charge in [-0.3, -0.25) is 19.3 Å². The van der Waals surface area contributed by atoms with E-state index in [1.54, 1.807) is 30.7 Å². The highest BCUT2D eigenvalue weighted by Gasteiger charge is 2.26. The molecule has 1 aliphatic heterocycles. The molecule has 7 nitrogen and oxygen atoms in total. The van der Waals surface area contributed by atoms with Gasteiger partial charge in [-0.2, -0.15) is 5.10 Å². The number of pyridine rings is 1. The summed E-state index contributed by atoms with van der Waals surface area (Å²) in [6, 6.07) is 3.63. The van der Waals surface area contributed by atoms with Gasteiger partial charge in [0.2, 0.25) is 0 Å². The maximum atomic E-state index is 12.5. The Morgan fingerprint density at radius 1 is 1.35 bits per heavy atom. The molecule has 2 N–H and O–H groups in total. The zero-order chi connectivity index (χ0) is 18.5. The first kappa shape index (κ1) is 18.1. The topological polar surface area (TPSA) is 88.9 Å². The van der Waals surface area contributed by atoms with Crippen LogP contribution in [0.3, 0.4) is 0 Å². The molecule has 0 saturated heterocycles. The Kier molecular flexibility index (Phi) is 5.65. The molecule has 0 unspecified atom stereocenters. The first-order chi connectivity index (χ1) is 12.6. The van der Waals surface area contributed by atoms with Gasteiger partial charge in [-0.1, -0.05) is 6.92 Å². The number of nitrogens with one attached hydrogen (secondary N) is 2. The minimum Gasteiger partial charge on any atom is -0.352 e. The highest BCUT2D eigenvalue weighted by molar-refractivity contribution is 5.95. The summed E-state index contributed by atoms with van der Waals surface area (Å²) in [5.74, 6) is 0.0996. The smallest absolute Gasteiger partial charge is 0.254 e. The first-order valence-corrected chi connectivity index (χ1v) is 9.12. The summed E-state index contributed by atoms with van der Waals surface area (Å²) in [5, 5.41) is 10.3. The molecule has 3 heterocycles. The Morgan fingerprint density at radius 3 is 2.92 bits per heavy atom. The molecule has 0 bridgehead atoms. The second kappa shape index (κ2) is 8.12. The third-order valence-electron chi connectivity index (χ3n) is 4.89. The molecule has 2 atom stereocenters. The lowest BCUT2D eigenvalue weighted by Gasteiger charge is -2.24. The number of carbonyl (C=O) groups excluding carboxylic acids is 2. The van der Waals surface area contributed by atoms with Crippen molar-refractivity contribution in [3.63, 3.8) is 0 Å².